The summed E-state index contributed by atoms with van der Waals surface area (Å²) in [5.74, 6) is 0.0854. The van der Waals surface area contributed by atoms with Gasteiger partial charge in [-0.3, -0.25) is 0 Å². The number of ether oxygens (including phenoxy) is 2. The molecular formula is C37H34N2O4. The first kappa shape index (κ1) is 27.9. The van der Waals surface area contributed by atoms with Gasteiger partial charge in [0.1, 0.15) is 11.5 Å². The van der Waals surface area contributed by atoms with Crippen molar-refractivity contribution < 1.29 is 19.4 Å². The maximum Gasteiger partial charge on any atom is 0.340 e. The van der Waals surface area contributed by atoms with Crippen molar-refractivity contribution in [2.45, 2.75) is 19.4 Å². The van der Waals surface area contributed by atoms with Gasteiger partial charge in [0, 0.05) is 59.1 Å². The van der Waals surface area contributed by atoms with Crippen molar-refractivity contribution in [2.75, 3.05) is 30.5 Å². The molecule has 1 atom stereocenters. The third-order valence-electron chi connectivity index (χ3n) is 8.20. The van der Waals surface area contributed by atoms with Gasteiger partial charge in [-0.25, -0.2) is 4.79 Å². The number of methoxy groups -OCH3 is 1. The Labute approximate surface area is 252 Å². The number of carbonyl (C=O) groups excluding carboxylic acids is 1. The summed E-state index contributed by atoms with van der Waals surface area (Å²) in [4.78, 5) is 17.6. The highest BCUT2D eigenvalue weighted by molar-refractivity contribution is 5.97. The normalized spacial score (nSPS) is 15.5. The lowest BCUT2D eigenvalue weighted by Gasteiger charge is -2.33. The second kappa shape index (κ2) is 11.2. The number of hydrogen-bond donors (Lipinski definition) is 1. The van der Waals surface area contributed by atoms with E-state index in [0.717, 1.165) is 22.7 Å². The first-order valence-corrected chi connectivity index (χ1v) is 14.3. The SMILES string of the molecule is CCN(c1ccc(C)cc1)c1ccc(C2(c3cc(N(C)c4ccccc4)ccc3OC)OC(=O)c3ccccc32)c(O)c1. The van der Waals surface area contributed by atoms with Crippen LogP contribution in [0.2, 0.25) is 0 Å². The zero-order chi connectivity index (χ0) is 30.1. The molecule has 216 valence electrons. The van der Waals surface area contributed by atoms with Gasteiger partial charge in [-0.2, -0.15) is 0 Å². The molecule has 0 saturated carbocycles. The number of hydrogen-bond acceptors (Lipinski definition) is 6. The van der Waals surface area contributed by atoms with Crippen molar-refractivity contribution in [1.82, 2.24) is 0 Å². The standard InChI is InChI=1S/C37H34N2O4/c1-5-39(27-17-15-25(2)16-18-27)29-19-21-32(34(40)24-29)37(31-14-10-9-13-30(31)36(41)43-37)33-23-28(20-22-35(33)42-4)38(3)26-11-7-6-8-12-26/h6-24,40H,5H2,1-4H3. The van der Waals surface area contributed by atoms with Gasteiger partial charge < -0.3 is 24.4 Å². The molecule has 1 unspecified atom stereocenters. The fourth-order valence-corrected chi connectivity index (χ4v) is 5.97. The summed E-state index contributed by atoms with van der Waals surface area (Å²) in [5.41, 5.74) is 5.60. The van der Waals surface area contributed by atoms with E-state index in [1.807, 2.05) is 85.9 Å². The molecule has 5 aromatic rings. The summed E-state index contributed by atoms with van der Waals surface area (Å²) in [6, 6.07) is 37.0. The Morgan fingerprint density at radius 2 is 1.42 bits per heavy atom. The Morgan fingerprint density at radius 3 is 2.12 bits per heavy atom. The lowest BCUT2D eigenvalue weighted by Crippen LogP contribution is -2.31. The molecule has 1 aliphatic rings. The van der Waals surface area contributed by atoms with Crippen LogP contribution in [0.5, 0.6) is 11.5 Å². The number of carbonyl (C=O) groups is 1. The highest BCUT2D eigenvalue weighted by Gasteiger charge is 2.51. The average Bonchev–Trinajstić information content (AvgIpc) is 3.34. The van der Waals surface area contributed by atoms with Crippen molar-refractivity contribution in [3.63, 3.8) is 0 Å². The van der Waals surface area contributed by atoms with E-state index in [0.29, 0.717) is 34.5 Å². The number of aromatic hydroxyl groups is 1. The predicted octanol–water partition coefficient (Wildman–Crippen LogP) is 8.10. The average molecular weight is 571 g/mol. The number of phenolic OH excluding ortho intramolecular Hbond substituents is 1. The van der Waals surface area contributed by atoms with Gasteiger partial charge in [0.05, 0.1) is 12.7 Å². The van der Waals surface area contributed by atoms with Gasteiger partial charge in [0.15, 0.2) is 5.60 Å². The number of nitrogens with zero attached hydrogens (tertiary/aromatic N) is 2. The monoisotopic (exact) mass is 570 g/mol. The van der Waals surface area contributed by atoms with Crippen LogP contribution in [0.15, 0.2) is 115 Å². The molecule has 0 amide bonds. The molecule has 43 heavy (non-hydrogen) atoms. The van der Waals surface area contributed by atoms with Crippen LogP contribution >= 0.6 is 0 Å². The quantitative estimate of drug-likeness (QED) is 0.190. The van der Waals surface area contributed by atoms with E-state index in [4.69, 9.17) is 9.47 Å². The van der Waals surface area contributed by atoms with Crippen LogP contribution < -0.4 is 14.5 Å². The van der Waals surface area contributed by atoms with Crippen LogP contribution in [0.4, 0.5) is 22.7 Å². The van der Waals surface area contributed by atoms with Crippen LogP contribution in [0.25, 0.3) is 0 Å². The summed E-state index contributed by atoms with van der Waals surface area (Å²) < 4.78 is 12.3. The van der Waals surface area contributed by atoms with Crippen molar-refractivity contribution in [2.24, 2.45) is 0 Å². The molecule has 0 saturated heterocycles. The van der Waals surface area contributed by atoms with Crippen LogP contribution in [0.3, 0.4) is 0 Å². The van der Waals surface area contributed by atoms with Gasteiger partial charge in [-0.05, 0) is 74.5 Å². The molecule has 0 aliphatic carbocycles. The topological polar surface area (TPSA) is 62.2 Å². The Kier molecular flexibility index (Phi) is 7.28. The molecule has 6 heteroatoms. The van der Waals surface area contributed by atoms with E-state index < -0.39 is 11.6 Å². The van der Waals surface area contributed by atoms with E-state index in [-0.39, 0.29) is 5.75 Å². The lowest BCUT2D eigenvalue weighted by molar-refractivity contribution is 0.0239. The zero-order valence-corrected chi connectivity index (χ0v) is 24.7. The molecule has 1 aliphatic heterocycles. The summed E-state index contributed by atoms with van der Waals surface area (Å²) in [6.07, 6.45) is 0. The predicted molar refractivity (Wildman–Crippen MR) is 171 cm³/mol. The highest BCUT2D eigenvalue weighted by Crippen LogP contribution is 2.53. The minimum absolute atomic E-state index is 0.0106. The molecule has 5 aromatic carbocycles. The molecule has 0 aromatic heterocycles. The number of benzene rings is 5. The Balaban J connectivity index is 1.55. The summed E-state index contributed by atoms with van der Waals surface area (Å²) in [5, 5.41) is 11.8. The van der Waals surface area contributed by atoms with Gasteiger partial charge >= 0.3 is 5.97 Å². The third-order valence-corrected chi connectivity index (χ3v) is 8.20. The number of cyclic esters (lactones) is 1. The van der Waals surface area contributed by atoms with Crippen LogP contribution in [0.1, 0.15) is 39.5 Å². The van der Waals surface area contributed by atoms with Crippen molar-refractivity contribution in [1.29, 1.82) is 0 Å². The Bertz CT molecular complexity index is 1790. The second-order valence-corrected chi connectivity index (χ2v) is 10.7. The fraction of sp³-hybridized carbons (Fsp3) is 0.162. The van der Waals surface area contributed by atoms with Gasteiger partial charge in [0.25, 0.3) is 0 Å². The van der Waals surface area contributed by atoms with E-state index in [1.165, 1.54) is 5.56 Å². The molecule has 0 spiro atoms. The first-order valence-electron chi connectivity index (χ1n) is 14.3. The fourth-order valence-electron chi connectivity index (χ4n) is 5.97. The van der Waals surface area contributed by atoms with Crippen molar-refractivity contribution in [3.8, 4) is 11.5 Å². The molecular weight excluding hydrogens is 536 g/mol. The number of fused-ring (bicyclic) bond motifs is 1. The number of anilines is 4. The summed E-state index contributed by atoms with van der Waals surface area (Å²) >= 11 is 0. The minimum Gasteiger partial charge on any atom is -0.507 e. The van der Waals surface area contributed by atoms with Crippen LogP contribution in [0, 0.1) is 6.92 Å². The van der Waals surface area contributed by atoms with E-state index in [9.17, 15) is 9.90 Å². The number of para-hydroxylation sites is 1. The third kappa shape index (κ3) is 4.75. The van der Waals surface area contributed by atoms with Crippen molar-refractivity contribution in [3.05, 3.63) is 143 Å². The molecule has 0 radical (unpaired) electrons. The zero-order valence-electron chi connectivity index (χ0n) is 24.7. The van der Waals surface area contributed by atoms with Crippen LogP contribution in [-0.2, 0) is 10.3 Å². The van der Waals surface area contributed by atoms with E-state index in [1.54, 1.807) is 19.2 Å². The lowest BCUT2D eigenvalue weighted by atomic mass is 9.78. The molecule has 1 heterocycles. The smallest absolute Gasteiger partial charge is 0.340 e. The molecule has 0 bridgehead atoms. The van der Waals surface area contributed by atoms with E-state index in [2.05, 4.69) is 47.9 Å². The number of esters is 1. The number of aryl methyl sites for hydroxylation is 1. The first-order chi connectivity index (χ1) is 20.9. The van der Waals surface area contributed by atoms with Gasteiger partial charge in [-0.1, -0.05) is 54.1 Å². The Morgan fingerprint density at radius 1 is 0.744 bits per heavy atom. The van der Waals surface area contributed by atoms with Crippen molar-refractivity contribution >= 4 is 28.7 Å². The van der Waals surface area contributed by atoms with Gasteiger partial charge in [0.2, 0.25) is 0 Å². The maximum absolute atomic E-state index is 13.4. The van der Waals surface area contributed by atoms with Gasteiger partial charge in [-0.15, -0.1) is 0 Å². The molecule has 0 fully saturated rings. The summed E-state index contributed by atoms with van der Waals surface area (Å²) in [7, 11) is 3.58. The largest absolute Gasteiger partial charge is 0.507 e. The Hall–Kier alpha value is -5.23. The minimum atomic E-state index is -1.45. The number of rotatable bonds is 8. The molecule has 6 rings (SSSR count). The van der Waals surface area contributed by atoms with E-state index >= 15 is 0 Å². The second-order valence-electron chi connectivity index (χ2n) is 10.7. The summed E-state index contributed by atoms with van der Waals surface area (Å²) in [6.45, 7) is 4.83. The van der Waals surface area contributed by atoms with Crippen LogP contribution in [-0.4, -0.2) is 31.8 Å². The molecule has 6 nitrogen and oxygen atoms in total. The maximum atomic E-state index is 13.4. The number of phenols is 1. The molecule has 1 N–H and O–H groups in total. The highest BCUT2D eigenvalue weighted by atomic mass is 16.6.